The third-order valence-electron chi connectivity index (χ3n) is 4.15. The van der Waals surface area contributed by atoms with Crippen molar-refractivity contribution in [1.82, 2.24) is 19.3 Å². The lowest BCUT2D eigenvalue weighted by molar-refractivity contribution is -0.137. The van der Waals surface area contributed by atoms with Crippen LogP contribution in [0.25, 0.3) is 11.0 Å². The Morgan fingerprint density at radius 3 is 2.54 bits per heavy atom. The van der Waals surface area contributed by atoms with E-state index in [-0.39, 0.29) is 15.6 Å². The molecule has 11 heteroatoms. The normalized spacial score (nSPS) is 13.8. The zero-order valence-corrected chi connectivity index (χ0v) is 16.4. The molecule has 2 heterocycles. The lowest BCUT2D eigenvalue weighted by Gasteiger charge is -2.15. The molecule has 0 radical (unpaired) electrons. The van der Waals surface area contributed by atoms with Crippen LogP contribution in [-0.2, 0) is 22.7 Å². The summed E-state index contributed by atoms with van der Waals surface area (Å²) in [7, 11) is -3.92. The molecule has 1 N–H and O–H groups in total. The van der Waals surface area contributed by atoms with E-state index in [1.165, 1.54) is 18.2 Å². The number of benzene rings is 1. The smallest absolute Gasteiger partial charge is 0.327 e. The van der Waals surface area contributed by atoms with Crippen molar-refractivity contribution in [3.8, 4) is 0 Å². The minimum Gasteiger partial charge on any atom is -0.327 e. The van der Waals surface area contributed by atoms with E-state index in [1.807, 2.05) is 0 Å². The molecular formula is C17H16ClF3N4O2S. The molecule has 0 saturated carbocycles. The standard InChI is InChI=1S/C17H16ClF3N4O2S/c1-3-25-14-8-11(17(19,20)21)4-6-13(14)23-16(25)10(2)24-28(26,27)12-5-7-15(18)22-9-12/h4-10,24H,3H2,1-2H3/t10-/m1/s1. The molecule has 28 heavy (non-hydrogen) atoms. The number of hydrogen-bond donors (Lipinski definition) is 1. The number of alkyl halides is 3. The number of halogens is 4. The van der Waals surface area contributed by atoms with Gasteiger partial charge in [0, 0.05) is 12.7 Å². The Bertz CT molecular complexity index is 1110. The monoisotopic (exact) mass is 432 g/mol. The number of hydrogen-bond acceptors (Lipinski definition) is 4. The van der Waals surface area contributed by atoms with Gasteiger partial charge in [-0.3, -0.25) is 0 Å². The van der Waals surface area contributed by atoms with Gasteiger partial charge in [-0.1, -0.05) is 11.6 Å². The molecule has 2 aromatic heterocycles. The summed E-state index contributed by atoms with van der Waals surface area (Å²) in [6.07, 6.45) is -3.36. The lowest BCUT2D eigenvalue weighted by Crippen LogP contribution is -2.29. The average molecular weight is 433 g/mol. The number of pyridine rings is 1. The van der Waals surface area contributed by atoms with Crippen LogP contribution in [0.4, 0.5) is 13.2 Å². The summed E-state index contributed by atoms with van der Waals surface area (Å²) in [6.45, 7) is 3.63. The van der Waals surface area contributed by atoms with Gasteiger partial charge in [0.15, 0.2) is 0 Å². The Kier molecular flexibility index (Phi) is 5.39. The molecule has 0 saturated heterocycles. The van der Waals surface area contributed by atoms with E-state index >= 15 is 0 Å². The minimum absolute atomic E-state index is 0.0812. The van der Waals surface area contributed by atoms with E-state index < -0.39 is 27.8 Å². The summed E-state index contributed by atoms with van der Waals surface area (Å²) in [5.41, 5.74) is -0.155. The van der Waals surface area contributed by atoms with Gasteiger partial charge in [-0.05, 0) is 44.2 Å². The number of nitrogens with one attached hydrogen (secondary N) is 1. The van der Waals surface area contributed by atoms with Crippen LogP contribution in [0.1, 0.15) is 31.3 Å². The van der Waals surface area contributed by atoms with Gasteiger partial charge in [-0.2, -0.15) is 13.2 Å². The number of aromatic nitrogens is 3. The predicted octanol–water partition coefficient (Wildman–Crippen LogP) is 4.16. The van der Waals surface area contributed by atoms with E-state index in [0.717, 1.165) is 18.3 Å². The van der Waals surface area contributed by atoms with Crippen molar-refractivity contribution in [1.29, 1.82) is 0 Å². The van der Waals surface area contributed by atoms with E-state index in [2.05, 4.69) is 14.7 Å². The molecule has 150 valence electrons. The number of nitrogens with zero attached hydrogens (tertiary/aromatic N) is 3. The van der Waals surface area contributed by atoms with Crippen molar-refractivity contribution < 1.29 is 21.6 Å². The molecule has 0 aliphatic heterocycles. The molecule has 3 aromatic rings. The second kappa shape index (κ2) is 7.34. The highest BCUT2D eigenvalue weighted by Crippen LogP contribution is 2.32. The number of fused-ring (bicyclic) bond motifs is 1. The van der Waals surface area contributed by atoms with Gasteiger partial charge in [0.25, 0.3) is 0 Å². The van der Waals surface area contributed by atoms with Crippen LogP contribution in [-0.4, -0.2) is 23.0 Å². The van der Waals surface area contributed by atoms with Crippen LogP contribution >= 0.6 is 11.6 Å². The second-order valence-electron chi connectivity index (χ2n) is 6.08. The van der Waals surface area contributed by atoms with E-state index in [9.17, 15) is 21.6 Å². The van der Waals surface area contributed by atoms with Crippen LogP contribution in [0.3, 0.4) is 0 Å². The molecule has 0 amide bonds. The lowest BCUT2D eigenvalue weighted by atomic mass is 10.2. The average Bonchev–Trinajstić information content (AvgIpc) is 2.99. The Morgan fingerprint density at radius 1 is 1.25 bits per heavy atom. The van der Waals surface area contributed by atoms with Crippen molar-refractivity contribution >= 4 is 32.7 Å². The molecule has 0 fully saturated rings. The zero-order valence-electron chi connectivity index (χ0n) is 14.8. The summed E-state index contributed by atoms with van der Waals surface area (Å²) in [4.78, 5) is 7.99. The fourth-order valence-electron chi connectivity index (χ4n) is 2.86. The molecular weight excluding hydrogens is 417 g/mol. The van der Waals surface area contributed by atoms with Gasteiger partial charge in [0.1, 0.15) is 15.9 Å². The van der Waals surface area contributed by atoms with Gasteiger partial charge in [0.05, 0.1) is 22.6 Å². The highest BCUT2D eigenvalue weighted by atomic mass is 35.5. The molecule has 1 atom stereocenters. The SMILES string of the molecule is CCn1c([C@@H](C)NS(=O)(=O)c2ccc(Cl)nc2)nc2ccc(C(F)(F)F)cc21. The minimum atomic E-state index is -4.48. The summed E-state index contributed by atoms with van der Waals surface area (Å²) >= 11 is 5.67. The van der Waals surface area contributed by atoms with Crippen LogP contribution in [0.5, 0.6) is 0 Å². The maximum absolute atomic E-state index is 13.0. The van der Waals surface area contributed by atoms with Crippen molar-refractivity contribution in [2.24, 2.45) is 0 Å². The van der Waals surface area contributed by atoms with Crippen molar-refractivity contribution in [2.45, 2.75) is 37.5 Å². The number of rotatable bonds is 5. The van der Waals surface area contributed by atoms with Gasteiger partial charge in [-0.25, -0.2) is 23.1 Å². The molecule has 0 aliphatic rings. The first-order valence-electron chi connectivity index (χ1n) is 8.24. The summed E-state index contributed by atoms with van der Waals surface area (Å²) in [5.74, 6) is 0.308. The van der Waals surface area contributed by atoms with Gasteiger partial charge in [0.2, 0.25) is 10.0 Å². The quantitative estimate of drug-likeness (QED) is 0.614. The second-order valence-corrected chi connectivity index (χ2v) is 8.18. The van der Waals surface area contributed by atoms with Crippen LogP contribution in [0, 0.1) is 0 Å². The maximum Gasteiger partial charge on any atom is 0.416 e. The first-order chi connectivity index (χ1) is 13.0. The first kappa shape index (κ1) is 20.6. The Morgan fingerprint density at radius 2 is 1.96 bits per heavy atom. The Hall–Kier alpha value is -2.17. The molecule has 0 spiro atoms. The predicted molar refractivity (Wildman–Crippen MR) is 98.4 cm³/mol. The van der Waals surface area contributed by atoms with Gasteiger partial charge < -0.3 is 4.57 Å². The summed E-state index contributed by atoms with van der Waals surface area (Å²) < 4.78 is 68.2. The van der Waals surface area contributed by atoms with Crippen LogP contribution in [0.2, 0.25) is 5.15 Å². The molecule has 0 bridgehead atoms. The molecule has 1 aromatic carbocycles. The van der Waals surface area contributed by atoms with E-state index in [1.54, 1.807) is 18.4 Å². The van der Waals surface area contributed by atoms with E-state index in [0.29, 0.717) is 17.9 Å². The highest BCUT2D eigenvalue weighted by Gasteiger charge is 2.31. The van der Waals surface area contributed by atoms with E-state index in [4.69, 9.17) is 11.6 Å². The zero-order chi connectivity index (χ0) is 20.7. The summed E-state index contributed by atoms with van der Waals surface area (Å²) in [5, 5.41) is 0.153. The molecule has 0 unspecified atom stereocenters. The number of imidazole rings is 1. The number of sulfonamides is 1. The number of aryl methyl sites for hydroxylation is 1. The fraction of sp³-hybridized carbons (Fsp3) is 0.294. The van der Waals surface area contributed by atoms with Crippen LogP contribution in [0.15, 0.2) is 41.4 Å². The Balaban J connectivity index is 1.99. The van der Waals surface area contributed by atoms with Gasteiger partial charge in [-0.15, -0.1) is 0 Å². The van der Waals surface area contributed by atoms with Gasteiger partial charge >= 0.3 is 6.18 Å². The van der Waals surface area contributed by atoms with Crippen molar-refractivity contribution in [2.75, 3.05) is 0 Å². The third-order valence-corrected chi connectivity index (χ3v) is 5.90. The van der Waals surface area contributed by atoms with Crippen LogP contribution < -0.4 is 4.72 Å². The van der Waals surface area contributed by atoms with Crippen molar-refractivity contribution in [3.05, 3.63) is 53.1 Å². The first-order valence-corrected chi connectivity index (χ1v) is 10.1. The molecule has 6 nitrogen and oxygen atoms in total. The maximum atomic E-state index is 13.0. The fourth-order valence-corrected chi connectivity index (χ4v) is 4.11. The van der Waals surface area contributed by atoms with Crippen molar-refractivity contribution in [3.63, 3.8) is 0 Å². The summed E-state index contributed by atoms with van der Waals surface area (Å²) in [6, 6.07) is 5.11. The highest BCUT2D eigenvalue weighted by molar-refractivity contribution is 7.89. The molecule has 0 aliphatic carbocycles. The topological polar surface area (TPSA) is 76.9 Å². The largest absolute Gasteiger partial charge is 0.416 e. The third kappa shape index (κ3) is 3.98. The molecule has 3 rings (SSSR count). The Labute approximate surface area is 164 Å².